The Morgan fingerprint density at radius 3 is 2.62 bits per heavy atom. The molecule has 2 aromatic rings. The van der Waals surface area contributed by atoms with Crippen molar-refractivity contribution in [2.75, 3.05) is 14.1 Å². The van der Waals surface area contributed by atoms with E-state index < -0.39 is 0 Å². The van der Waals surface area contributed by atoms with Crippen molar-refractivity contribution >= 4 is 11.0 Å². The van der Waals surface area contributed by atoms with Gasteiger partial charge in [0.05, 0.1) is 11.4 Å². The summed E-state index contributed by atoms with van der Waals surface area (Å²) >= 11 is 0. The van der Waals surface area contributed by atoms with E-state index in [1.54, 1.807) is 12.1 Å². The van der Waals surface area contributed by atoms with Crippen LogP contribution in [0.3, 0.4) is 0 Å². The first-order valence-corrected chi connectivity index (χ1v) is 5.29. The number of nitrogens with zero attached hydrogens (tertiary/aromatic N) is 1. The van der Waals surface area contributed by atoms with Crippen LogP contribution < -0.4 is 5.43 Å². The SMILES string of the molecule is CC(c1cc(=O)c2ccccc2o1)N(C)C. The molecule has 2 rings (SSSR count). The minimum absolute atomic E-state index is 0.0190. The van der Waals surface area contributed by atoms with Crippen LogP contribution in [-0.2, 0) is 0 Å². The van der Waals surface area contributed by atoms with Crippen LogP contribution in [0.2, 0.25) is 0 Å². The zero-order valence-electron chi connectivity index (χ0n) is 9.73. The van der Waals surface area contributed by atoms with Gasteiger partial charge in [-0.1, -0.05) is 12.1 Å². The summed E-state index contributed by atoms with van der Waals surface area (Å²) in [5.74, 6) is 0.703. The van der Waals surface area contributed by atoms with E-state index in [0.717, 1.165) is 0 Å². The maximum atomic E-state index is 11.8. The minimum atomic E-state index is 0.0190. The second-order valence-corrected chi connectivity index (χ2v) is 4.15. The van der Waals surface area contributed by atoms with Crippen molar-refractivity contribution in [3.8, 4) is 0 Å². The zero-order chi connectivity index (χ0) is 11.7. The van der Waals surface area contributed by atoms with E-state index >= 15 is 0 Å². The Balaban J connectivity index is 2.63. The van der Waals surface area contributed by atoms with E-state index in [4.69, 9.17) is 4.42 Å². The van der Waals surface area contributed by atoms with E-state index in [0.29, 0.717) is 16.7 Å². The normalized spacial score (nSPS) is 13.2. The Bertz CT molecular complexity index is 557. The van der Waals surface area contributed by atoms with E-state index in [1.165, 1.54) is 0 Å². The molecule has 1 aromatic heterocycles. The Morgan fingerprint density at radius 2 is 1.94 bits per heavy atom. The van der Waals surface area contributed by atoms with Crippen LogP contribution in [-0.4, -0.2) is 19.0 Å². The topological polar surface area (TPSA) is 33.5 Å². The van der Waals surface area contributed by atoms with Gasteiger partial charge in [-0.25, -0.2) is 0 Å². The molecule has 0 aliphatic rings. The van der Waals surface area contributed by atoms with Gasteiger partial charge in [0, 0.05) is 6.07 Å². The Hall–Kier alpha value is -1.61. The standard InChI is InChI=1S/C13H15NO2/c1-9(14(2)3)13-8-11(15)10-6-4-5-7-12(10)16-13/h4-9H,1-3H3. The molecule has 0 saturated heterocycles. The van der Waals surface area contributed by atoms with E-state index in [2.05, 4.69) is 0 Å². The molecule has 0 bridgehead atoms. The first-order chi connectivity index (χ1) is 7.59. The number of para-hydroxylation sites is 1. The van der Waals surface area contributed by atoms with Gasteiger partial charge in [0.15, 0.2) is 5.43 Å². The summed E-state index contributed by atoms with van der Waals surface area (Å²) in [4.78, 5) is 13.9. The number of hydrogen-bond acceptors (Lipinski definition) is 3. The van der Waals surface area contributed by atoms with Gasteiger partial charge in [-0.3, -0.25) is 9.69 Å². The molecular formula is C13H15NO2. The van der Waals surface area contributed by atoms with Crippen LogP contribution in [0.1, 0.15) is 18.7 Å². The highest BCUT2D eigenvalue weighted by atomic mass is 16.3. The Kier molecular flexibility index (Phi) is 2.79. The number of rotatable bonds is 2. The van der Waals surface area contributed by atoms with Crippen molar-refractivity contribution in [3.05, 3.63) is 46.3 Å². The van der Waals surface area contributed by atoms with Crippen LogP contribution in [0.4, 0.5) is 0 Å². The van der Waals surface area contributed by atoms with Gasteiger partial charge in [-0.2, -0.15) is 0 Å². The molecule has 1 unspecified atom stereocenters. The van der Waals surface area contributed by atoms with Crippen molar-refractivity contribution in [1.82, 2.24) is 4.90 Å². The highest BCUT2D eigenvalue weighted by Gasteiger charge is 2.12. The third-order valence-electron chi connectivity index (χ3n) is 2.84. The second kappa shape index (κ2) is 4.10. The fourth-order valence-corrected chi connectivity index (χ4v) is 1.58. The molecule has 0 aliphatic heterocycles. The summed E-state index contributed by atoms with van der Waals surface area (Å²) in [5.41, 5.74) is 0.671. The van der Waals surface area contributed by atoms with Crippen LogP contribution in [0.5, 0.6) is 0 Å². The van der Waals surface area contributed by atoms with Gasteiger partial charge in [-0.05, 0) is 33.2 Å². The molecule has 0 radical (unpaired) electrons. The number of hydrogen-bond donors (Lipinski definition) is 0. The van der Waals surface area contributed by atoms with Gasteiger partial charge in [-0.15, -0.1) is 0 Å². The van der Waals surface area contributed by atoms with Crippen molar-refractivity contribution in [3.63, 3.8) is 0 Å². The summed E-state index contributed by atoms with van der Waals surface area (Å²) in [5, 5.41) is 0.636. The lowest BCUT2D eigenvalue weighted by Crippen LogP contribution is -2.18. The molecule has 3 heteroatoms. The predicted octanol–water partition coefficient (Wildman–Crippen LogP) is 2.42. The second-order valence-electron chi connectivity index (χ2n) is 4.15. The summed E-state index contributed by atoms with van der Waals surface area (Å²) in [6, 6.07) is 8.99. The summed E-state index contributed by atoms with van der Waals surface area (Å²) in [6.45, 7) is 2.01. The number of fused-ring (bicyclic) bond motifs is 1. The molecule has 0 fully saturated rings. The number of benzene rings is 1. The van der Waals surface area contributed by atoms with Crippen LogP contribution in [0.25, 0.3) is 11.0 Å². The smallest absolute Gasteiger partial charge is 0.193 e. The molecule has 0 aliphatic carbocycles. The minimum Gasteiger partial charge on any atom is -0.459 e. The fourth-order valence-electron chi connectivity index (χ4n) is 1.58. The molecule has 84 valence electrons. The molecule has 0 amide bonds. The Labute approximate surface area is 94.3 Å². The van der Waals surface area contributed by atoms with Crippen LogP contribution >= 0.6 is 0 Å². The lowest BCUT2D eigenvalue weighted by Gasteiger charge is -2.18. The van der Waals surface area contributed by atoms with Gasteiger partial charge in [0.1, 0.15) is 11.3 Å². The first kappa shape index (κ1) is 10.9. The highest BCUT2D eigenvalue weighted by molar-refractivity contribution is 5.76. The first-order valence-electron chi connectivity index (χ1n) is 5.29. The summed E-state index contributed by atoms with van der Waals surface area (Å²) in [6.07, 6.45) is 0. The van der Waals surface area contributed by atoms with Gasteiger partial charge < -0.3 is 4.42 Å². The predicted molar refractivity (Wildman–Crippen MR) is 64.6 cm³/mol. The van der Waals surface area contributed by atoms with E-state index in [-0.39, 0.29) is 11.5 Å². The average Bonchev–Trinajstić information content (AvgIpc) is 2.28. The molecule has 1 aromatic carbocycles. The largest absolute Gasteiger partial charge is 0.459 e. The fraction of sp³-hybridized carbons (Fsp3) is 0.308. The Morgan fingerprint density at radius 1 is 1.25 bits per heavy atom. The molecule has 1 heterocycles. The van der Waals surface area contributed by atoms with Gasteiger partial charge in [0.2, 0.25) is 0 Å². The highest BCUT2D eigenvalue weighted by Crippen LogP contribution is 2.19. The molecule has 3 nitrogen and oxygen atoms in total. The maximum Gasteiger partial charge on any atom is 0.193 e. The van der Waals surface area contributed by atoms with Crippen molar-refractivity contribution < 1.29 is 4.42 Å². The molecule has 0 saturated carbocycles. The average molecular weight is 217 g/mol. The van der Waals surface area contributed by atoms with Crippen molar-refractivity contribution in [2.45, 2.75) is 13.0 Å². The lowest BCUT2D eigenvalue weighted by atomic mass is 10.1. The van der Waals surface area contributed by atoms with Gasteiger partial charge >= 0.3 is 0 Å². The summed E-state index contributed by atoms with van der Waals surface area (Å²) < 4.78 is 5.72. The van der Waals surface area contributed by atoms with Crippen LogP contribution in [0.15, 0.2) is 39.5 Å². The quantitative estimate of drug-likeness (QED) is 0.774. The van der Waals surface area contributed by atoms with E-state index in [9.17, 15) is 4.79 Å². The van der Waals surface area contributed by atoms with E-state index in [1.807, 2.05) is 44.1 Å². The molecule has 0 N–H and O–H groups in total. The molecular weight excluding hydrogens is 202 g/mol. The third-order valence-corrected chi connectivity index (χ3v) is 2.84. The van der Waals surface area contributed by atoms with Crippen molar-refractivity contribution in [2.24, 2.45) is 0 Å². The maximum absolute atomic E-state index is 11.8. The molecule has 0 spiro atoms. The lowest BCUT2D eigenvalue weighted by molar-refractivity contribution is 0.279. The molecule has 1 atom stereocenters. The summed E-state index contributed by atoms with van der Waals surface area (Å²) in [7, 11) is 3.92. The third kappa shape index (κ3) is 1.86. The van der Waals surface area contributed by atoms with Gasteiger partial charge in [0.25, 0.3) is 0 Å². The van der Waals surface area contributed by atoms with Crippen LogP contribution in [0, 0.1) is 0 Å². The van der Waals surface area contributed by atoms with Crippen molar-refractivity contribution in [1.29, 1.82) is 0 Å². The monoisotopic (exact) mass is 217 g/mol. The zero-order valence-corrected chi connectivity index (χ0v) is 9.73. The molecule has 16 heavy (non-hydrogen) atoms.